The van der Waals surface area contributed by atoms with Gasteiger partial charge in [-0.2, -0.15) is 0 Å². The van der Waals surface area contributed by atoms with E-state index in [0.717, 1.165) is 18.9 Å². The van der Waals surface area contributed by atoms with Crippen LogP contribution in [0.1, 0.15) is 12.5 Å². The Kier molecular flexibility index (Phi) is 4.56. The monoisotopic (exact) mass is 207 g/mol. The third-order valence-electron chi connectivity index (χ3n) is 2.48. The van der Waals surface area contributed by atoms with Crippen molar-refractivity contribution in [1.82, 2.24) is 10.3 Å². The molecule has 1 heterocycles. The Morgan fingerprint density at radius 3 is 2.87 bits per heavy atom. The van der Waals surface area contributed by atoms with Crippen LogP contribution in [0.4, 0.5) is 5.82 Å². The maximum Gasteiger partial charge on any atom is 0.131 e. The van der Waals surface area contributed by atoms with Crippen LogP contribution in [-0.4, -0.2) is 32.2 Å². The molecule has 84 valence electrons. The van der Waals surface area contributed by atoms with Gasteiger partial charge in [0.15, 0.2) is 0 Å². The molecule has 0 amide bonds. The summed E-state index contributed by atoms with van der Waals surface area (Å²) in [6.45, 7) is 6.40. The molecule has 0 spiro atoms. The van der Waals surface area contributed by atoms with Crippen LogP contribution < -0.4 is 10.2 Å². The van der Waals surface area contributed by atoms with Gasteiger partial charge in [0, 0.05) is 19.8 Å². The fourth-order valence-corrected chi connectivity index (χ4v) is 1.84. The van der Waals surface area contributed by atoms with Gasteiger partial charge >= 0.3 is 0 Å². The Hall–Kier alpha value is -1.09. The van der Waals surface area contributed by atoms with Crippen molar-refractivity contribution in [2.45, 2.75) is 13.8 Å². The van der Waals surface area contributed by atoms with Crippen LogP contribution in [-0.2, 0) is 0 Å². The lowest BCUT2D eigenvalue weighted by atomic mass is 10.1. The van der Waals surface area contributed by atoms with E-state index in [1.165, 1.54) is 5.56 Å². The van der Waals surface area contributed by atoms with Gasteiger partial charge in [-0.15, -0.1) is 0 Å². The van der Waals surface area contributed by atoms with Crippen LogP contribution in [0.15, 0.2) is 18.3 Å². The topological polar surface area (TPSA) is 28.2 Å². The van der Waals surface area contributed by atoms with Crippen LogP contribution >= 0.6 is 0 Å². The number of aryl methyl sites for hydroxylation is 1. The van der Waals surface area contributed by atoms with Crippen LogP contribution in [0.3, 0.4) is 0 Å². The highest BCUT2D eigenvalue weighted by atomic mass is 15.2. The first-order valence-electron chi connectivity index (χ1n) is 5.42. The zero-order valence-corrected chi connectivity index (χ0v) is 10.1. The number of aromatic nitrogens is 1. The maximum absolute atomic E-state index is 4.40. The number of hydrogen-bond donors (Lipinski definition) is 1. The smallest absolute Gasteiger partial charge is 0.131 e. The molecular formula is C12H21N3. The van der Waals surface area contributed by atoms with Crippen LogP contribution in [0.25, 0.3) is 0 Å². The van der Waals surface area contributed by atoms with E-state index in [9.17, 15) is 0 Å². The molecule has 1 aromatic heterocycles. The summed E-state index contributed by atoms with van der Waals surface area (Å²) in [5.41, 5.74) is 1.23. The summed E-state index contributed by atoms with van der Waals surface area (Å²) < 4.78 is 0. The summed E-state index contributed by atoms with van der Waals surface area (Å²) in [4.78, 5) is 6.62. The highest BCUT2D eigenvalue weighted by Gasteiger charge is 2.08. The van der Waals surface area contributed by atoms with Gasteiger partial charge < -0.3 is 10.2 Å². The molecule has 1 unspecified atom stereocenters. The predicted octanol–water partition coefficient (Wildman–Crippen LogP) is 1.68. The van der Waals surface area contributed by atoms with Crippen molar-refractivity contribution >= 4 is 5.82 Å². The fourth-order valence-electron chi connectivity index (χ4n) is 1.84. The van der Waals surface area contributed by atoms with Crippen molar-refractivity contribution in [1.29, 1.82) is 0 Å². The molecule has 0 saturated carbocycles. The number of nitrogens with zero attached hydrogens (tertiary/aromatic N) is 2. The third-order valence-corrected chi connectivity index (χ3v) is 2.48. The second-order valence-electron chi connectivity index (χ2n) is 4.19. The van der Waals surface area contributed by atoms with Crippen molar-refractivity contribution in [2.24, 2.45) is 5.92 Å². The predicted molar refractivity (Wildman–Crippen MR) is 65.3 cm³/mol. The Labute approximate surface area is 92.5 Å². The first kappa shape index (κ1) is 12.0. The average Bonchev–Trinajstić information content (AvgIpc) is 2.18. The summed E-state index contributed by atoms with van der Waals surface area (Å²) in [5.74, 6) is 1.71. The highest BCUT2D eigenvalue weighted by Crippen LogP contribution is 2.15. The van der Waals surface area contributed by atoms with Crippen molar-refractivity contribution in [3.63, 3.8) is 0 Å². The summed E-state index contributed by atoms with van der Waals surface area (Å²) in [5, 5.41) is 3.19. The van der Waals surface area contributed by atoms with Gasteiger partial charge in [0.2, 0.25) is 0 Å². The summed E-state index contributed by atoms with van der Waals surface area (Å²) >= 11 is 0. The van der Waals surface area contributed by atoms with E-state index in [-0.39, 0.29) is 0 Å². The Balaban J connectivity index is 2.61. The molecule has 1 aromatic rings. The summed E-state index contributed by atoms with van der Waals surface area (Å²) in [7, 11) is 4.09. The summed E-state index contributed by atoms with van der Waals surface area (Å²) in [6.07, 6.45) is 1.85. The highest BCUT2D eigenvalue weighted by molar-refractivity contribution is 5.44. The molecular weight excluding hydrogens is 186 g/mol. The normalized spacial score (nSPS) is 12.5. The molecule has 0 fully saturated rings. The van der Waals surface area contributed by atoms with Gasteiger partial charge in [0.25, 0.3) is 0 Å². The number of rotatable bonds is 5. The molecule has 15 heavy (non-hydrogen) atoms. The zero-order chi connectivity index (χ0) is 11.3. The number of anilines is 1. The molecule has 0 aliphatic carbocycles. The second-order valence-corrected chi connectivity index (χ2v) is 4.19. The van der Waals surface area contributed by atoms with Crippen molar-refractivity contribution in [3.8, 4) is 0 Å². The minimum Gasteiger partial charge on any atom is -0.359 e. The molecule has 3 nitrogen and oxygen atoms in total. The van der Waals surface area contributed by atoms with Crippen molar-refractivity contribution < 1.29 is 0 Å². The van der Waals surface area contributed by atoms with E-state index in [0.29, 0.717) is 5.92 Å². The molecule has 1 atom stereocenters. The molecule has 3 heteroatoms. The van der Waals surface area contributed by atoms with Gasteiger partial charge in [-0.3, -0.25) is 0 Å². The third kappa shape index (κ3) is 3.51. The minimum absolute atomic E-state index is 0.626. The lowest BCUT2D eigenvalue weighted by molar-refractivity contribution is 0.540. The number of pyridine rings is 1. The quantitative estimate of drug-likeness (QED) is 0.796. The van der Waals surface area contributed by atoms with E-state index in [4.69, 9.17) is 0 Å². The molecule has 0 bridgehead atoms. The largest absolute Gasteiger partial charge is 0.359 e. The van der Waals surface area contributed by atoms with E-state index in [1.807, 2.05) is 19.3 Å². The van der Waals surface area contributed by atoms with Gasteiger partial charge in [-0.1, -0.05) is 13.0 Å². The van der Waals surface area contributed by atoms with E-state index in [2.05, 4.69) is 42.2 Å². The van der Waals surface area contributed by atoms with Crippen LogP contribution in [0, 0.1) is 12.8 Å². The van der Waals surface area contributed by atoms with Crippen molar-refractivity contribution in [2.75, 3.05) is 32.1 Å². The Morgan fingerprint density at radius 2 is 2.27 bits per heavy atom. The average molecular weight is 207 g/mol. The number of hydrogen-bond acceptors (Lipinski definition) is 3. The molecule has 0 saturated heterocycles. The van der Waals surface area contributed by atoms with E-state index in [1.54, 1.807) is 0 Å². The first-order chi connectivity index (χ1) is 7.15. The first-order valence-corrected chi connectivity index (χ1v) is 5.42. The van der Waals surface area contributed by atoms with E-state index >= 15 is 0 Å². The lowest BCUT2D eigenvalue weighted by Crippen LogP contribution is -2.30. The molecule has 0 radical (unpaired) electrons. The number of nitrogens with one attached hydrogen (secondary N) is 1. The van der Waals surface area contributed by atoms with Crippen molar-refractivity contribution in [3.05, 3.63) is 23.9 Å². The van der Waals surface area contributed by atoms with Gasteiger partial charge in [-0.25, -0.2) is 4.98 Å². The maximum atomic E-state index is 4.40. The fraction of sp³-hybridized carbons (Fsp3) is 0.583. The van der Waals surface area contributed by atoms with Gasteiger partial charge in [-0.05, 0) is 38.1 Å². The lowest BCUT2D eigenvalue weighted by Gasteiger charge is -2.23. The summed E-state index contributed by atoms with van der Waals surface area (Å²) in [6, 6.07) is 4.07. The van der Waals surface area contributed by atoms with E-state index < -0.39 is 0 Å². The second kappa shape index (κ2) is 5.71. The van der Waals surface area contributed by atoms with Gasteiger partial charge in [0.1, 0.15) is 5.82 Å². The molecule has 1 N–H and O–H groups in total. The standard InChI is InChI=1S/C12H21N3/c1-10(8-13-3)9-15(4)12-11(2)6-5-7-14-12/h5-7,10,13H,8-9H2,1-4H3. The molecule has 1 rings (SSSR count). The van der Waals surface area contributed by atoms with Gasteiger partial charge in [0.05, 0.1) is 0 Å². The van der Waals surface area contributed by atoms with Crippen LogP contribution in [0.5, 0.6) is 0 Å². The molecule has 0 aliphatic rings. The SMILES string of the molecule is CNCC(C)CN(C)c1ncccc1C. The molecule has 0 aliphatic heterocycles. The Bertz CT molecular complexity index is 299. The Morgan fingerprint density at radius 1 is 1.53 bits per heavy atom. The zero-order valence-electron chi connectivity index (χ0n) is 10.1. The minimum atomic E-state index is 0.626. The van der Waals surface area contributed by atoms with Crippen LogP contribution in [0.2, 0.25) is 0 Å². The molecule has 0 aromatic carbocycles.